The molecular formula is C6H19N2O5P. The van der Waals surface area contributed by atoms with Gasteiger partial charge in [-0.3, -0.25) is 14.7 Å². The minimum atomic E-state index is -4.10. The van der Waals surface area contributed by atoms with E-state index in [9.17, 15) is 9.36 Å². The zero-order valence-electron chi connectivity index (χ0n) is 8.43. The third-order valence-electron chi connectivity index (χ3n) is 0.594. The first-order valence-corrected chi connectivity index (χ1v) is 5.60. The molecule has 7 N–H and O–H groups in total. The number of carboxylic acids is 1. The molecule has 0 amide bonds. The molecule has 0 saturated heterocycles. The highest BCUT2D eigenvalue weighted by Crippen LogP contribution is 2.31. The van der Waals surface area contributed by atoms with Crippen molar-refractivity contribution in [3.05, 3.63) is 0 Å². The number of hydrogen-bond donors (Lipinski definition) is 5. The van der Waals surface area contributed by atoms with Crippen LogP contribution in [0.15, 0.2) is 0 Å². The summed E-state index contributed by atoms with van der Waals surface area (Å²) in [5.41, 5.74) is 0. The van der Waals surface area contributed by atoms with Gasteiger partial charge in [0.05, 0.1) is 12.8 Å². The Morgan fingerprint density at radius 3 is 1.93 bits per heavy atom. The van der Waals surface area contributed by atoms with Gasteiger partial charge < -0.3 is 21.0 Å². The zero-order valence-corrected chi connectivity index (χ0v) is 9.33. The third kappa shape index (κ3) is 30.0. The lowest BCUT2D eigenvalue weighted by atomic mass is 10.6. The van der Waals surface area contributed by atoms with Gasteiger partial charge in [0.15, 0.2) is 0 Å². The molecule has 0 aromatic carbocycles. The fourth-order valence-corrected chi connectivity index (χ4v) is 0.712. The van der Waals surface area contributed by atoms with Crippen molar-refractivity contribution in [3.63, 3.8) is 0 Å². The van der Waals surface area contributed by atoms with E-state index in [0.717, 1.165) is 0 Å². The number of carbonyl (C=O) groups is 1. The fraction of sp³-hybridized carbons (Fsp3) is 0.833. The molecule has 7 nitrogen and oxygen atoms in total. The molecule has 0 fully saturated rings. The Morgan fingerprint density at radius 1 is 1.36 bits per heavy atom. The summed E-state index contributed by atoms with van der Waals surface area (Å²) in [5, 5.41) is 10.1. The maximum Gasteiger partial charge on any atom is 0.339 e. The summed E-state index contributed by atoms with van der Waals surface area (Å²) >= 11 is 0. The maximum atomic E-state index is 10.1. The predicted octanol–water partition coefficient (Wildman–Crippen LogP) is 0.374. The Bertz CT molecular complexity index is 181. The number of carboxylic acid groups (broad SMARTS) is 1. The molecule has 0 saturated carbocycles. The first kappa shape index (κ1) is 19.2. The van der Waals surface area contributed by atoms with Crippen LogP contribution in [-0.2, 0) is 9.36 Å². The van der Waals surface area contributed by atoms with Gasteiger partial charge in [0.2, 0.25) is 0 Å². The molecule has 0 aromatic rings. The Kier molecular flexibility index (Phi) is 14.5. The van der Waals surface area contributed by atoms with E-state index in [1.807, 2.05) is 0 Å². The molecule has 0 aliphatic rings. The van der Waals surface area contributed by atoms with Crippen molar-refractivity contribution in [2.75, 3.05) is 12.8 Å². The minimum Gasteiger partial charge on any atom is -0.480 e. The highest BCUT2D eigenvalue weighted by molar-refractivity contribution is 7.51. The van der Waals surface area contributed by atoms with E-state index in [4.69, 9.17) is 14.9 Å². The van der Waals surface area contributed by atoms with Gasteiger partial charge in [-0.05, 0) is 0 Å². The van der Waals surface area contributed by atoms with E-state index in [1.165, 1.54) is 6.42 Å². The van der Waals surface area contributed by atoms with Gasteiger partial charge >= 0.3 is 13.6 Å². The minimum absolute atomic E-state index is 0. The van der Waals surface area contributed by atoms with E-state index < -0.39 is 26.4 Å². The molecule has 0 rings (SSSR count). The lowest BCUT2D eigenvalue weighted by Crippen LogP contribution is -2.23. The summed E-state index contributed by atoms with van der Waals surface area (Å²) in [5.74, 6) is -1.14. The van der Waals surface area contributed by atoms with Crippen molar-refractivity contribution in [1.82, 2.24) is 11.5 Å². The molecule has 0 heterocycles. The first-order chi connectivity index (χ1) is 5.83. The molecule has 0 atom stereocenters. The SMILES string of the molecule is CCC.N.O=C(O)CNCP(=O)(O)O. The van der Waals surface area contributed by atoms with Gasteiger partial charge in [0.25, 0.3) is 0 Å². The number of hydrogen-bond acceptors (Lipinski definition) is 4. The van der Waals surface area contributed by atoms with Crippen LogP contribution in [0, 0.1) is 0 Å². The van der Waals surface area contributed by atoms with Gasteiger partial charge in [0.1, 0.15) is 0 Å². The molecule has 14 heavy (non-hydrogen) atoms. The van der Waals surface area contributed by atoms with Crippen LogP contribution in [0.1, 0.15) is 20.3 Å². The fourth-order valence-electron chi connectivity index (χ4n) is 0.308. The lowest BCUT2D eigenvalue weighted by Gasteiger charge is -2.02. The number of nitrogens with one attached hydrogen (secondary N) is 1. The topological polar surface area (TPSA) is 142 Å². The summed E-state index contributed by atoms with van der Waals surface area (Å²) < 4.78 is 10.1. The van der Waals surface area contributed by atoms with Crippen molar-refractivity contribution < 1.29 is 24.3 Å². The van der Waals surface area contributed by atoms with E-state index in [1.54, 1.807) is 0 Å². The molecule has 88 valence electrons. The van der Waals surface area contributed by atoms with Crippen molar-refractivity contribution in [2.24, 2.45) is 0 Å². The molecular weight excluding hydrogens is 211 g/mol. The Morgan fingerprint density at radius 2 is 1.71 bits per heavy atom. The monoisotopic (exact) mass is 230 g/mol. The molecule has 0 aliphatic heterocycles. The summed E-state index contributed by atoms with van der Waals surface area (Å²) in [6.45, 7) is 3.81. The van der Waals surface area contributed by atoms with Crippen molar-refractivity contribution in [1.29, 1.82) is 0 Å². The molecule has 0 aliphatic carbocycles. The van der Waals surface area contributed by atoms with Crippen molar-refractivity contribution in [2.45, 2.75) is 20.3 Å². The molecule has 8 heteroatoms. The predicted molar refractivity (Wildman–Crippen MR) is 53.5 cm³/mol. The second-order valence-corrected chi connectivity index (χ2v) is 4.00. The number of rotatable bonds is 4. The molecule has 0 radical (unpaired) electrons. The van der Waals surface area contributed by atoms with Crippen LogP contribution in [0.4, 0.5) is 0 Å². The van der Waals surface area contributed by atoms with Crippen LogP contribution in [-0.4, -0.2) is 33.7 Å². The Labute approximate surface area is 83.3 Å². The van der Waals surface area contributed by atoms with E-state index in [2.05, 4.69) is 19.2 Å². The normalized spacial score (nSPS) is 9.43. The largest absolute Gasteiger partial charge is 0.480 e. The summed E-state index contributed by atoms with van der Waals surface area (Å²) in [4.78, 5) is 26.1. The molecule has 0 spiro atoms. The smallest absolute Gasteiger partial charge is 0.339 e. The van der Waals surface area contributed by atoms with E-state index in [-0.39, 0.29) is 6.15 Å². The average Bonchev–Trinajstić information content (AvgIpc) is 1.84. The van der Waals surface area contributed by atoms with Gasteiger partial charge in [-0.25, -0.2) is 0 Å². The lowest BCUT2D eigenvalue weighted by molar-refractivity contribution is -0.135. The Hall–Kier alpha value is -0.460. The quantitative estimate of drug-likeness (QED) is 0.439. The molecule has 0 unspecified atom stereocenters. The Balaban J connectivity index is -0.000000267. The van der Waals surface area contributed by atoms with Gasteiger partial charge in [-0.1, -0.05) is 20.3 Å². The second kappa shape index (κ2) is 10.6. The maximum absolute atomic E-state index is 10.1. The standard InChI is InChI=1S/C3H8NO5P.C3H8.H3N/c5-3(6)1-4-2-10(7,8)9;1-3-2;/h4H,1-2H2,(H,5,6)(H2,7,8,9);3H2,1-2H3;1H3. The van der Waals surface area contributed by atoms with E-state index in [0.29, 0.717) is 0 Å². The van der Waals surface area contributed by atoms with Crippen molar-refractivity contribution >= 4 is 13.6 Å². The van der Waals surface area contributed by atoms with Gasteiger partial charge in [0, 0.05) is 0 Å². The van der Waals surface area contributed by atoms with E-state index >= 15 is 0 Å². The first-order valence-electron chi connectivity index (χ1n) is 3.80. The average molecular weight is 230 g/mol. The summed E-state index contributed by atoms with van der Waals surface area (Å²) in [6.07, 6.45) is 0.652. The van der Waals surface area contributed by atoms with Crippen LogP contribution in [0.2, 0.25) is 0 Å². The van der Waals surface area contributed by atoms with Gasteiger partial charge in [-0.2, -0.15) is 0 Å². The zero-order chi connectivity index (χ0) is 10.9. The molecule has 0 bridgehead atoms. The van der Waals surface area contributed by atoms with Crippen LogP contribution in [0.25, 0.3) is 0 Å². The highest BCUT2D eigenvalue weighted by atomic mass is 31.2. The van der Waals surface area contributed by atoms with Crippen LogP contribution < -0.4 is 11.5 Å². The van der Waals surface area contributed by atoms with Crippen LogP contribution >= 0.6 is 7.60 Å². The van der Waals surface area contributed by atoms with Crippen molar-refractivity contribution in [3.8, 4) is 0 Å². The van der Waals surface area contributed by atoms with Gasteiger partial charge in [-0.15, -0.1) is 0 Å². The molecule has 0 aromatic heterocycles. The summed E-state index contributed by atoms with van der Waals surface area (Å²) in [6, 6.07) is 0. The highest BCUT2D eigenvalue weighted by Gasteiger charge is 2.11. The van der Waals surface area contributed by atoms with Crippen LogP contribution in [0.3, 0.4) is 0 Å². The number of aliphatic carboxylic acids is 1. The second-order valence-electron chi connectivity index (χ2n) is 2.35. The third-order valence-corrected chi connectivity index (χ3v) is 1.23. The van der Waals surface area contributed by atoms with Crippen LogP contribution in [0.5, 0.6) is 0 Å². The summed E-state index contributed by atoms with van der Waals surface area (Å²) in [7, 11) is -4.10.